The lowest BCUT2D eigenvalue weighted by Crippen LogP contribution is -2.37. The van der Waals surface area contributed by atoms with E-state index in [1.54, 1.807) is 0 Å². The predicted octanol–water partition coefficient (Wildman–Crippen LogP) is 1.30. The van der Waals surface area contributed by atoms with Crippen molar-refractivity contribution in [3.05, 3.63) is 35.4 Å². The van der Waals surface area contributed by atoms with Crippen LogP contribution in [-0.4, -0.2) is 55.3 Å². The Morgan fingerprint density at radius 3 is 2.80 bits per heavy atom. The standard InChI is InChI=1S/C15H20N2O3/c18-15-14-5-2-1-4-13(14)12-17(15)20-9-3-6-16-7-10-19-11-8-16/h1-2,4-5H,3,6-12H2. The Morgan fingerprint density at radius 1 is 1.20 bits per heavy atom. The molecule has 0 spiro atoms. The molecule has 1 saturated heterocycles. The molecule has 0 unspecified atom stereocenters. The monoisotopic (exact) mass is 276 g/mol. The largest absolute Gasteiger partial charge is 0.379 e. The molecule has 1 amide bonds. The van der Waals surface area contributed by atoms with Gasteiger partial charge in [-0.15, -0.1) is 0 Å². The highest BCUT2D eigenvalue weighted by Gasteiger charge is 2.27. The Morgan fingerprint density at radius 2 is 2.00 bits per heavy atom. The summed E-state index contributed by atoms with van der Waals surface area (Å²) in [6.07, 6.45) is 0.931. The van der Waals surface area contributed by atoms with E-state index in [-0.39, 0.29) is 5.91 Å². The summed E-state index contributed by atoms with van der Waals surface area (Å²) in [6, 6.07) is 7.67. The molecule has 2 aliphatic heterocycles. The van der Waals surface area contributed by atoms with Crippen LogP contribution in [0.1, 0.15) is 22.3 Å². The summed E-state index contributed by atoms with van der Waals surface area (Å²) in [4.78, 5) is 20.0. The Labute approximate surface area is 119 Å². The fraction of sp³-hybridized carbons (Fsp3) is 0.533. The lowest BCUT2D eigenvalue weighted by atomic mass is 10.1. The molecule has 108 valence electrons. The third kappa shape index (κ3) is 3.00. The molecular formula is C15H20N2O3. The number of benzene rings is 1. The SMILES string of the molecule is O=C1c2ccccc2CN1OCCCN1CCOCC1. The van der Waals surface area contributed by atoms with Crippen LogP contribution in [0.5, 0.6) is 0 Å². The van der Waals surface area contributed by atoms with E-state index in [9.17, 15) is 4.79 Å². The van der Waals surface area contributed by atoms with Gasteiger partial charge in [-0.1, -0.05) is 18.2 Å². The van der Waals surface area contributed by atoms with Crippen molar-refractivity contribution in [1.82, 2.24) is 9.96 Å². The number of morpholine rings is 1. The molecule has 0 saturated carbocycles. The number of fused-ring (bicyclic) bond motifs is 1. The molecule has 0 bridgehead atoms. The van der Waals surface area contributed by atoms with E-state index < -0.39 is 0 Å². The number of rotatable bonds is 5. The number of carbonyl (C=O) groups excluding carboxylic acids is 1. The van der Waals surface area contributed by atoms with Crippen LogP contribution in [0.25, 0.3) is 0 Å². The van der Waals surface area contributed by atoms with Crippen molar-refractivity contribution in [2.24, 2.45) is 0 Å². The summed E-state index contributed by atoms with van der Waals surface area (Å²) in [6.45, 7) is 5.77. The van der Waals surface area contributed by atoms with Crippen LogP contribution in [-0.2, 0) is 16.1 Å². The van der Waals surface area contributed by atoms with Crippen LogP contribution in [0.4, 0.5) is 0 Å². The van der Waals surface area contributed by atoms with Crippen LogP contribution < -0.4 is 0 Å². The maximum Gasteiger partial charge on any atom is 0.278 e. The molecule has 2 aliphatic rings. The molecule has 0 aromatic heterocycles. The molecule has 1 aromatic carbocycles. The van der Waals surface area contributed by atoms with Crippen LogP contribution in [0.15, 0.2) is 24.3 Å². The zero-order chi connectivity index (χ0) is 13.8. The van der Waals surface area contributed by atoms with Crippen LogP contribution in [0.2, 0.25) is 0 Å². The topological polar surface area (TPSA) is 42.0 Å². The van der Waals surface area contributed by atoms with E-state index in [0.717, 1.165) is 50.4 Å². The first kappa shape index (κ1) is 13.5. The second kappa shape index (κ2) is 6.35. The van der Waals surface area contributed by atoms with Gasteiger partial charge in [0.1, 0.15) is 0 Å². The maximum absolute atomic E-state index is 12.1. The average Bonchev–Trinajstić information content (AvgIpc) is 2.82. The Bertz CT molecular complexity index is 472. The number of amides is 1. The second-order valence-corrected chi connectivity index (χ2v) is 5.14. The van der Waals surface area contributed by atoms with E-state index in [2.05, 4.69) is 4.90 Å². The van der Waals surface area contributed by atoms with Crippen molar-refractivity contribution < 1.29 is 14.4 Å². The van der Waals surface area contributed by atoms with Crippen molar-refractivity contribution in [2.75, 3.05) is 39.5 Å². The summed E-state index contributed by atoms with van der Waals surface area (Å²) >= 11 is 0. The van der Waals surface area contributed by atoms with Crippen molar-refractivity contribution in [2.45, 2.75) is 13.0 Å². The lowest BCUT2D eigenvalue weighted by molar-refractivity contribution is -0.126. The molecule has 0 aliphatic carbocycles. The zero-order valence-electron chi connectivity index (χ0n) is 11.6. The van der Waals surface area contributed by atoms with Gasteiger partial charge in [0.05, 0.1) is 26.4 Å². The van der Waals surface area contributed by atoms with Crippen molar-refractivity contribution in [1.29, 1.82) is 0 Å². The first-order chi connectivity index (χ1) is 9.84. The first-order valence-corrected chi connectivity index (χ1v) is 7.17. The average molecular weight is 276 g/mol. The van der Waals surface area contributed by atoms with Gasteiger partial charge in [-0.25, -0.2) is 5.06 Å². The van der Waals surface area contributed by atoms with E-state index in [1.165, 1.54) is 5.06 Å². The molecule has 3 rings (SSSR count). The van der Waals surface area contributed by atoms with Gasteiger partial charge in [-0.2, -0.15) is 0 Å². The number of nitrogens with zero attached hydrogens (tertiary/aromatic N) is 2. The summed E-state index contributed by atoms with van der Waals surface area (Å²) in [7, 11) is 0. The van der Waals surface area contributed by atoms with Crippen molar-refractivity contribution in [3.8, 4) is 0 Å². The third-order valence-corrected chi connectivity index (χ3v) is 3.76. The zero-order valence-corrected chi connectivity index (χ0v) is 11.6. The summed E-state index contributed by atoms with van der Waals surface area (Å²) < 4.78 is 5.31. The van der Waals surface area contributed by atoms with Gasteiger partial charge < -0.3 is 4.74 Å². The molecule has 5 heteroatoms. The minimum atomic E-state index is -0.0213. The van der Waals surface area contributed by atoms with Gasteiger partial charge in [0.2, 0.25) is 0 Å². The normalized spacial score (nSPS) is 19.4. The van der Waals surface area contributed by atoms with Gasteiger partial charge in [0, 0.05) is 25.2 Å². The minimum Gasteiger partial charge on any atom is -0.379 e. The Hall–Kier alpha value is -1.43. The van der Waals surface area contributed by atoms with Gasteiger partial charge in [0.25, 0.3) is 5.91 Å². The lowest BCUT2D eigenvalue weighted by Gasteiger charge is -2.26. The molecule has 0 N–H and O–H groups in total. The van der Waals surface area contributed by atoms with E-state index >= 15 is 0 Å². The number of hydrogen-bond acceptors (Lipinski definition) is 4. The minimum absolute atomic E-state index is 0.0213. The van der Waals surface area contributed by atoms with Gasteiger partial charge in [-0.3, -0.25) is 14.5 Å². The Kier molecular flexibility index (Phi) is 4.30. The molecule has 1 fully saturated rings. The molecule has 1 aromatic rings. The predicted molar refractivity (Wildman–Crippen MR) is 74.1 cm³/mol. The second-order valence-electron chi connectivity index (χ2n) is 5.14. The van der Waals surface area contributed by atoms with Gasteiger partial charge in [-0.05, 0) is 18.1 Å². The molecule has 5 nitrogen and oxygen atoms in total. The van der Waals surface area contributed by atoms with Gasteiger partial charge in [0.15, 0.2) is 0 Å². The quantitative estimate of drug-likeness (QED) is 0.760. The third-order valence-electron chi connectivity index (χ3n) is 3.76. The van der Waals surface area contributed by atoms with Crippen molar-refractivity contribution >= 4 is 5.91 Å². The fourth-order valence-electron chi connectivity index (χ4n) is 2.62. The van der Waals surface area contributed by atoms with E-state index in [0.29, 0.717) is 13.2 Å². The molecule has 0 radical (unpaired) electrons. The molecule has 20 heavy (non-hydrogen) atoms. The fourth-order valence-corrected chi connectivity index (χ4v) is 2.62. The number of carbonyl (C=O) groups is 1. The summed E-state index contributed by atoms with van der Waals surface area (Å²) in [5.74, 6) is -0.0213. The first-order valence-electron chi connectivity index (χ1n) is 7.17. The van der Waals surface area contributed by atoms with E-state index in [1.807, 2.05) is 24.3 Å². The highest BCUT2D eigenvalue weighted by Crippen LogP contribution is 2.22. The van der Waals surface area contributed by atoms with Crippen molar-refractivity contribution in [3.63, 3.8) is 0 Å². The van der Waals surface area contributed by atoms with Crippen LogP contribution in [0.3, 0.4) is 0 Å². The molecule has 0 atom stereocenters. The smallest absolute Gasteiger partial charge is 0.278 e. The maximum atomic E-state index is 12.1. The van der Waals surface area contributed by atoms with Crippen LogP contribution in [0, 0.1) is 0 Å². The highest BCUT2D eigenvalue weighted by atomic mass is 16.7. The summed E-state index contributed by atoms with van der Waals surface area (Å²) in [5.41, 5.74) is 1.81. The highest BCUT2D eigenvalue weighted by molar-refractivity contribution is 5.97. The van der Waals surface area contributed by atoms with E-state index in [4.69, 9.17) is 9.57 Å². The molecule has 2 heterocycles. The number of hydroxylamine groups is 2. The Balaban J connectivity index is 1.41. The number of ether oxygens (including phenoxy) is 1. The number of hydrogen-bond donors (Lipinski definition) is 0. The summed E-state index contributed by atoms with van der Waals surface area (Å²) in [5, 5.41) is 1.48. The van der Waals surface area contributed by atoms with Gasteiger partial charge >= 0.3 is 0 Å². The molecular weight excluding hydrogens is 256 g/mol. The van der Waals surface area contributed by atoms with Crippen LogP contribution >= 0.6 is 0 Å².